The van der Waals surface area contributed by atoms with E-state index in [1.165, 1.54) is 10.4 Å². The van der Waals surface area contributed by atoms with Crippen LogP contribution in [0.2, 0.25) is 0 Å². The van der Waals surface area contributed by atoms with Crippen LogP contribution >= 0.6 is 0 Å². The van der Waals surface area contributed by atoms with E-state index in [0.717, 1.165) is 0 Å². The normalized spacial score (nSPS) is 23.6. The summed E-state index contributed by atoms with van der Waals surface area (Å²) in [5.74, 6) is 0. The monoisotopic (exact) mass is 300 g/mol. The minimum Gasteiger partial charge on any atom is -0.398 e. The standard InChI is InChI=1S/C13H20N2O4S/c1-13(2)9-15(7-10(8-16)19-13)20(17,18)12-6-4-3-5-11(12)14/h3-6,10,16H,7-9,14H2,1-2H3. The first-order valence-electron chi connectivity index (χ1n) is 6.39. The summed E-state index contributed by atoms with van der Waals surface area (Å²) in [6, 6.07) is 6.37. The summed E-state index contributed by atoms with van der Waals surface area (Å²) in [5, 5.41) is 9.26. The topological polar surface area (TPSA) is 92.9 Å². The molecule has 2 rings (SSSR count). The highest BCUT2D eigenvalue weighted by Crippen LogP contribution is 2.28. The van der Waals surface area contributed by atoms with Gasteiger partial charge in [-0.3, -0.25) is 0 Å². The highest BCUT2D eigenvalue weighted by Gasteiger charge is 2.39. The van der Waals surface area contributed by atoms with Crippen LogP contribution in [0.3, 0.4) is 0 Å². The Bertz CT molecular complexity index is 586. The number of hydrogen-bond acceptors (Lipinski definition) is 5. The molecule has 1 unspecified atom stereocenters. The lowest BCUT2D eigenvalue weighted by atomic mass is 10.1. The molecule has 1 heterocycles. The molecule has 0 bridgehead atoms. The molecule has 1 aromatic rings. The molecular formula is C13H20N2O4S. The predicted molar refractivity (Wildman–Crippen MR) is 75.7 cm³/mol. The van der Waals surface area contributed by atoms with Gasteiger partial charge in [-0.25, -0.2) is 8.42 Å². The van der Waals surface area contributed by atoms with Crippen molar-refractivity contribution in [2.75, 3.05) is 25.4 Å². The predicted octanol–water partition coefficient (Wildman–Crippen LogP) is 0.429. The number of nitrogens with zero attached hydrogens (tertiary/aromatic N) is 1. The van der Waals surface area contributed by atoms with Gasteiger partial charge in [-0.05, 0) is 26.0 Å². The zero-order valence-electron chi connectivity index (χ0n) is 11.6. The molecule has 0 aromatic heterocycles. The fourth-order valence-corrected chi connectivity index (χ4v) is 4.11. The van der Waals surface area contributed by atoms with Crippen LogP contribution in [-0.4, -0.2) is 49.2 Å². The number of aliphatic hydroxyl groups is 1. The van der Waals surface area contributed by atoms with Crippen LogP contribution in [0.15, 0.2) is 29.2 Å². The molecular weight excluding hydrogens is 280 g/mol. The molecule has 20 heavy (non-hydrogen) atoms. The number of aliphatic hydroxyl groups excluding tert-OH is 1. The lowest BCUT2D eigenvalue weighted by Gasteiger charge is -2.41. The van der Waals surface area contributed by atoms with Crippen molar-refractivity contribution >= 4 is 15.7 Å². The zero-order valence-corrected chi connectivity index (χ0v) is 12.4. The number of rotatable bonds is 3. The number of sulfonamides is 1. The number of nitrogens with two attached hydrogens (primary N) is 1. The quantitative estimate of drug-likeness (QED) is 0.790. The van der Waals surface area contributed by atoms with Crippen molar-refractivity contribution < 1.29 is 18.3 Å². The molecule has 112 valence electrons. The maximum absolute atomic E-state index is 12.7. The average molecular weight is 300 g/mol. The lowest BCUT2D eigenvalue weighted by Crippen LogP contribution is -2.55. The van der Waals surface area contributed by atoms with Crippen LogP contribution in [0.4, 0.5) is 5.69 Å². The van der Waals surface area contributed by atoms with Crippen molar-refractivity contribution in [2.45, 2.75) is 30.4 Å². The third-order valence-electron chi connectivity index (χ3n) is 3.19. The molecule has 1 aliphatic rings. The van der Waals surface area contributed by atoms with Crippen LogP contribution in [0.5, 0.6) is 0 Å². The number of morpholine rings is 1. The Kier molecular flexibility index (Phi) is 4.06. The molecule has 7 heteroatoms. The number of ether oxygens (including phenoxy) is 1. The molecule has 0 amide bonds. The molecule has 1 aromatic carbocycles. The first-order valence-corrected chi connectivity index (χ1v) is 7.83. The zero-order chi connectivity index (χ0) is 15.0. The van der Waals surface area contributed by atoms with Crippen molar-refractivity contribution in [3.8, 4) is 0 Å². The molecule has 6 nitrogen and oxygen atoms in total. The Labute approximate surface area is 119 Å². The molecule has 1 aliphatic heterocycles. The second kappa shape index (κ2) is 5.33. The van der Waals surface area contributed by atoms with Gasteiger partial charge in [0.05, 0.1) is 24.0 Å². The van der Waals surface area contributed by atoms with E-state index in [4.69, 9.17) is 10.5 Å². The van der Waals surface area contributed by atoms with Crippen molar-refractivity contribution in [3.05, 3.63) is 24.3 Å². The van der Waals surface area contributed by atoms with Gasteiger partial charge in [0.15, 0.2) is 0 Å². The molecule has 0 saturated carbocycles. The number of hydrogen-bond donors (Lipinski definition) is 2. The largest absolute Gasteiger partial charge is 0.398 e. The van der Waals surface area contributed by atoms with E-state index >= 15 is 0 Å². The maximum atomic E-state index is 12.7. The van der Waals surface area contributed by atoms with Crippen molar-refractivity contribution in [2.24, 2.45) is 0 Å². The van der Waals surface area contributed by atoms with E-state index in [1.54, 1.807) is 32.0 Å². The summed E-state index contributed by atoms with van der Waals surface area (Å²) in [7, 11) is -3.69. The number of nitrogen functional groups attached to an aromatic ring is 1. The van der Waals surface area contributed by atoms with E-state index in [9.17, 15) is 13.5 Å². The second-order valence-electron chi connectivity index (χ2n) is 5.52. The molecule has 1 saturated heterocycles. The van der Waals surface area contributed by atoms with Crippen LogP contribution in [0.1, 0.15) is 13.8 Å². The Balaban J connectivity index is 2.36. The third kappa shape index (κ3) is 2.95. The lowest BCUT2D eigenvalue weighted by molar-refractivity contribution is -0.131. The van der Waals surface area contributed by atoms with Crippen LogP contribution < -0.4 is 5.73 Å². The van der Waals surface area contributed by atoms with Gasteiger partial charge >= 0.3 is 0 Å². The Morgan fingerprint density at radius 1 is 1.45 bits per heavy atom. The molecule has 0 aliphatic carbocycles. The first kappa shape index (κ1) is 15.2. The summed E-state index contributed by atoms with van der Waals surface area (Å²) in [4.78, 5) is 0.0920. The highest BCUT2D eigenvalue weighted by molar-refractivity contribution is 7.89. The van der Waals surface area contributed by atoms with E-state index in [0.29, 0.717) is 0 Å². The average Bonchev–Trinajstić information content (AvgIpc) is 2.37. The molecule has 1 atom stereocenters. The molecule has 0 spiro atoms. The maximum Gasteiger partial charge on any atom is 0.245 e. The van der Waals surface area contributed by atoms with Gasteiger partial charge in [-0.1, -0.05) is 12.1 Å². The van der Waals surface area contributed by atoms with E-state index in [-0.39, 0.29) is 30.3 Å². The fraction of sp³-hybridized carbons (Fsp3) is 0.538. The Morgan fingerprint density at radius 2 is 2.10 bits per heavy atom. The SMILES string of the molecule is CC1(C)CN(S(=O)(=O)c2ccccc2N)CC(CO)O1. The van der Waals surface area contributed by atoms with Gasteiger partial charge in [-0.2, -0.15) is 4.31 Å². The summed E-state index contributed by atoms with van der Waals surface area (Å²) >= 11 is 0. The summed E-state index contributed by atoms with van der Waals surface area (Å²) in [6.45, 7) is 3.72. The fourth-order valence-electron chi connectivity index (χ4n) is 2.37. The van der Waals surface area contributed by atoms with E-state index in [2.05, 4.69) is 0 Å². The van der Waals surface area contributed by atoms with Gasteiger partial charge in [-0.15, -0.1) is 0 Å². The van der Waals surface area contributed by atoms with Gasteiger partial charge in [0.1, 0.15) is 4.90 Å². The van der Waals surface area contributed by atoms with Crippen molar-refractivity contribution in [3.63, 3.8) is 0 Å². The summed E-state index contributed by atoms with van der Waals surface area (Å²) < 4.78 is 32.3. The van der Waals surface area contributed by atoms with Crippen LogP contribution in [0.25, 0.3) is 0 Å². The second-order valence-corrected chi connectivity index (χ2v) is 7.42. The summed E-state index contributed by atoms with van der Waals surface area (Å²) in [6.07, 6.45) is -0.529. The van der Waals surface area contributed by atoms with Gasteiger partial charge in [0.2, 0.25) is 10.0 Å². The highest BCUT2D eigenvalue weighted by atomic mass is 32.2. The number of anilines is 1. The minimum atomic E-state index is -3.69. The first-order chi connectivity index (χ1) is 9.26. The molecule has 1 fully saturated rings. The van der Waals surface area contributed by atoms with Crippen molar-refractivity contribution in [1.82, 2.24) is 4.31 Å². The van der Waals surface area contributed by atoms with Gasteiger partial charge < -0.3 is 15.6 Å². The van der Waals surface area contributed by atoms with E-state index < -0.39 is 21.7 Å². The smallest absolute Gasteiger partial charge is 0.245 e. The van der Waals surface area contributed by atoms with E-state index in [1.807, 2.05) is 0 Å². The van der Waals surface area contributed by atoms with Gasteiger partial charge in [0, 0.05) is 13.1 Å². The molecule has 0 radical (unpaired) electrons. The number of benzene rings is 1. The number of para-hydroxylation sites is 1. The summed E-state index contributed by atoms with van der Waals surface area (Å²) in [5.41, 5.74) is 5.33. The van der Waals surface area contributed by atoms with Crippen molar-refractivity contribution in [1.29, 1.82) is 0 Å². The third-order valence-corrected chi connectivity index (χ3v) is 5.08. The minimum absolute atomic E-state index is 0.0920. The Hall–Kier alpha value is -1.15. The molecule has 3 N–H and O–H groups in total. The van der Waals surface area contributed by atoms with Crippen LogP contribution in [-0.2, 0) is 14.8 Å². The van der Waals surface area contributed by atoms with Gasteiger partial charge in [0.25, 0.3) is 0 Å². The Morgan fingerprint density at radius 3 is 2.70 bits per heavy atom. The van der Waals surface area contributed by atoms with Crippen LogP contribution in [0, 0.1) is 0 Å².